The topological polar surface area (TPSA) is 56.8 Å². The molecule has 5 nitrogen and oxygen atoms in total. The van der Waals surface area contributed by atoms with Crippen LogP contribution >= 0.6 is 0 Å². The van der Waals surface area contributed by atoms with Crippen LogP contribution in [0, 0.1) is 0 Å². The monoisotopic (exact) mass is 337 g/mol. The Morgan fingerprint density at radius 1 is 1.17 bits per heavy atom. The summed E-state index contributed by atoms with van der Waals surface area (Å²) in [6.07, 6.45) is 3.41. The Bertz CT molecular complexity index is 482. The van der Waals surface area contributed by atoms with Crippen molar-refractivity contribution in [2.45, 2.75) is 97.0 Å². The van der Waals surface area contributed by atoms with Crippen molar-refractivity contribution in [3.63, 3.8) is 0 Å². The van der Waals surface area contributed by atoms with E-state index in [4.69, 9.17) is 14.0 Å². The van der Waals surface area contributed by atoms with Gasteiger partial charge in [0.25, 0.3) is 0 Å². The van der Waals surface area contributed by atoms with Gasteiger partial charge in [-0.25, -0.2) is 4.79 Å². The molecule has 1 aliphatic carbocycles. The molecule has 0 unspecified atom stereocenters. The largest absolute Gasteiger partial charge is 0.487 e. The number of rotatable bonds is 2. The molecule has 1 saturated heterocycles. The number of hydrogen-bond acceptors (Lipinski definition) is 4. The standard InChI is InChI=1S/C18H32BNO4/c1-16(2,3)22-15(21)20-14-10-8-13(9-11-14)12-19-23-17(4,5)18(6,7)24-19/h12,14H,8-11H2,1-7H3,(H,20,21). The van der Waals surface area contributed by atoms with Gasteiger partial charge in [-0.3, -0.25) is 0 Å². The zero-order chi connectivity index (χ0) is 18.2. The van der Waals surface area contributed by atoms with Gasteiger partial charge in [0.05, 0.1) is 11.2 Å². The van der Waals surface area contributed by atoms with Crippen molar-refractivity contribution in [2.75, 3.05) is 0 Å². The summed E-state index contributed by atoms with van der Waals surface area (Å²) in [4.78, 5) is 11.8. The third-order valence-electron chi connectivity index (χ3n) is 4.99. The fourth-order valence-corrected chi connectivity index (χ4v) is 2.92. The van der Waals surface area contributed by atoms with Crippen LogP contribution in [0.25, 0.3) is 0 Å². The van der Waals surface area contributed by atoms with Crippen molar-refractivity contribution in [1.29, 1.82) is 0 Å². The highest BCUT2D eigenvalue weighted by atomic mass is 16.7. The minimum absolute atomic E-state index is 0.176. The van der Waals surface area contributed by atoms with E-state index in [1.807, 2.05) is 20.8 Å². The van der Waals surface area contributed by atoms with Crippen molar-refractivity contribution in [3.05, 3.63) is 11.5 Å². The van der Waals surface area contributed by atoms with Gasteiger partial charge in [-0.1, -0.05) is 11.5 Å². The van der Waals surface area contributed by atoms with Crippen molar-refractivity contribution < 1.29 is 18.8 Å². The summed E-state index contributed by atoms with van der Waals surface area (Å²) in [6, 6.07) is 0.176. The Balaban J connectivity index is 1.82. The number of allylic oxidation sites excluding steroid dienone is 1. The molecule has 0 bridgehead atoms. The van der Waals surface area contributed by atoms with Crippen LogP contribution < -0.4 is 5.32 Å². The van der Waals surface area contributed by atoms with Crippen LogP contribution in [-0.2, 0) is 14.0 Å². The van der Waals surface area contributed by atoms with E-state index in [0.717, 1.165) is 25.7 Å². The quantitative estimate of drug-likeness (QED) is 0.774. The van der Waals surface area contributed by atoms with Gasteiger partial charge in [0.1, 0.15) is 5.60 Å². The third kappa shape index (κ3) is 4.99. The van der Waals surface area contributed by atoms with Gasteiger partial charge in [0, 0.05) is 6.04 Å². The van der Waals surface area contributed by atoms with Crippen molar-refractivity contribution in [3.8, 4) is 0 Å². The number of carbonyl (C=O) groups is 1. The zero-order valence-corrected chi connectivity index (χ0v) is 16.2. The number of amides is 1. The SMILES string of the molecule is CC(C)(C)OC(=O)NC1CCC(=CB2OC(C)(C)C(C)(C)O2)CC1. The van der Waals surface area contributed by atoms with E-state index >= 15 is 0 Å². The molecule has 1 heterocycles. The maximum Gasteiger partial charge on any atom is 0.487 e. The lowest BCUT2D eigenvalue weighted by Gasteiger charge is -2.32. The lowest BCUT2D eigenvalue weighted by molar-refractivity contribution is 0.00578. The molecule has 1 N–H and O–H groups in total. The maximum absolute atomic E-state index is 11.8. The second kappa shape index (κ2) is 6.72. The minimum Gasteiger partial charge on any atom is -0.444 e. The maximum atomic E-state index is 11.8. The van der Waals surface area contributed by atoms with E-state index in [-0.39, 0.29) is 30.5 Å². The average Bonchev–Trinajstić information content (AvgIpc) is 2.57. The number of ether oxygens (including phenoxy) is 1. The normalized spacial score (nSPS) is 26.2. The number of alkyl carbamates (subject to hydrolysis) is 1. The second-order valence-electron chi connectivity index (χ2n) is 8.87. The van der Waals surface area contributed by atoms with Gasteiger partial charge in [-0.2, -0.15) is 0 Å². The van der Waals surface area contributed by atoms with Crippen molar-refractivity contribution >= 4 is 13.2 Å². The predicted octanol–water partition coefficient (Wildman–Crippen LogP) is 4.01. The number of hydrogen-bond donors (Lipinski definition) is 1. The lowest BCUT2D eigenvalue weighted by atomic mass is 9.81. The molecule has 136 valence electrons. The fourth-order valence-electron chi connectivity index (χ4n) is 2.92. The third-order valence-corrected chi connectivity index (χ3v) is 4.99. The summed E-state index contributed by atoms with van der Waals surface area (Å²) < 4.78 is 17.4. The Hall–Kier alpha value is -1.01. The molecule has 0 radical (unpaired) electrons. The van der Waals surface area contributed by atoms with E-state index < -0.39 is 5.60 Å². The summed E-state index contributed by atoms with van der Waals surface area (Å²) in [5.74, 6) is 2.11. The Morgan fingerprint density at radius 3 is 2.12 bits per heavy atom. The molecule has 6 heteroatoms. The molecular formula is C18H32BNO4. The first-order valence-corrected chi connectivity index (χ1v) is 8.93. The van der Waals surface area contributed by atoms with E-state index in [9.17, 15) is 4.79 Å². The fraction of sp³-hybridized carbons (Fsp3) is 0.833. The minimum atomic E-state index is -0.458. The predicted molar refractivity (Wildman–Crippen MR) is 95.8 cm³/mol. The van der Waals surface area contributed by atoms with Crippen LogP contribution in [0.2, 0.25) is 0 Å². The molecule has 1 aliphatic heterocycles. The first-order chi connectivity index (χ1) is 10.9. The van der Waals surface area contributed by atoms with E-state index in [0.29, 0.717) is 0 Å². The highest BCUT2D eigenvalue weighted by Crippen LogP contribution is 2.38. The zero-order valence-electron chi connectivity index (χ0n) is 16.2. The molecular weight excluding hydrogens is 305 g/mol. The molecule has 0 spiro atoms. The van der Waals surface area contributed by atoms with E-state index in [1.54, 1.807) is 0 Å². The average molecular weight is 337 g/mol. The summed E-state index contributed by atoms with van der Waals surface area (Å²) in [7, 11) is -0.277. The van der Waals surface area contributed by atoms with Crippen LogP contribution in [0.5, 0.6) is 0 Å². The number of nitrogens with one attached hydrogen (secondary N) is 1. The van der Waals surface area contributed by atoms with Crippen LogP contribution in [0.3, 0.4) is 0 Å². The molecule has 1 saturated carbocycles. The first-order valence-electron chi connectivity index (χ1n) is 8.93. The van der Waals surface area contributed by atoms with Gasteiger partial charge >= 0.3 is 13.2 Å². The molecule has 2 rings (SSSR count). The van der Waals surface area contributed by atoms with Crippen LogP contribution in [-0.4, -0.2) is 36.1 Å². The van der Waals surface area contributed by atoms with Crippen LogP contribution in [0.4, 0.5) is 4.79 Å². The van der Waals surface area contributed by atoms with Gasteiger partial charge in [0.15, 0.2) is 0 Å². The van der Waals surface area contributed by atoms with Crippen LogP contribution in [0.15, 0.2) is 11.5 Å². The molecule has 0 aromatic rings. The summed E-state index contributed by atoms with van der Waals surface area (Å²) in [5.41, 5.74) is 0.283. The van der Waals surface area contributed by atoms with Crippen molar-refractivity contribution in [1.82, 2.24) is 5.32 Å². The van der Waals surface area contributed by atoms with Gasteiger partial charge in [-0.05, 0) is 74.1 Å². The summed E-state index contributed by atoms with van der Waals surface area (Å²) in [6.45, 7) is 13.9. The highest BCUT2D eigenvalue weighted by Gasteiger charge is 2.50. The van der Waals surface area contributed by atoms with Crippen LogP contribution in [0.1, 0.15) is 74.1 Å². The molecule has 0 aromatic carbocycles. The molecule has 24 heavy (non-hydrogen) atoms. The molecule has 2 aliphatic rings. The summed E-state index contributed by atoms with van der Waals surface area (Å²) in [5, 5.41) is 2.96. The first kappa shape index (κ1) is 19.3. The molecule has 2 fully saturated rings. The van der Waals surface area contributed by atoms with Gasteiger partial charge in [-0.15, -0.1) is 0 Å². The Labute approximate surface area is 146 Å². The Morgan fingerprint density at radius 2 is 1.67 bits per heavy atom. The van der Waals surface area contributed by atoms with E-state index in [2.05, 4.69) is 39.0 Å². The Kier molecular flexibility index (Phi) is 5.41. The highest BCUT2D eigenvalue weighted by molar-refractivity contribution is 6.51. The summed E-state index contributed by atoms with van der Waals surface area (Å²) >= 11 is 0. The molecule has 1 amide bonds. The smallest absolute Gasteiger partial charge is 0.444 e. The molecule has 0 atom stereocenters. The lowest BCUT2D eigenvalue weighted by Crippen LogP contribution is -2.41. The van der Waals surface area contributed by atoms with E-state index in [1.165, 1.54) is 5.57 Å². The second-order valence-corrected chi connectivity index (χ2v) is 8.87. The molecule has 0 aromatic heterocycles. The van der Waals surface area contributed by atoms with Crippen molar-refractivity contribution in [2.24, 2.45) is 0 Å². The van der Waals surface area contributed by atoms with Gasteiger partial charge < -0.3 is 19.4 Å². The number of carbonyl (C=O) groups excluding carboxylic acids is 1. The van der Waals surface area contributed by atoms with Gasteiger partial charge in [0.2, 0.25) is 0 Å².